The van der Waals surface area contributed by atoms with Crippen molar-refractivity contribution in [3.05, 3.63) is 90.5 Å². The number of rotatable bonds is 6. The number of likely N-dealkylation sites (tertiary alicyclic amines) is 1. The molecule has 0 spiro atoms. The van der Waals surface area contributed by atoms with Crippen LogP contribution < -0.4 is 10.2 Å². The Labute approximate surface area is 210 Å². The number of hydrogen-bond acceptors (Lipinski definition) is 4. The molecule has 1 unspecified atom stereocenters. The molecule has 1 saturated heterocycles. The standard InChI is InChI=1S/C29H29N3O4/c33-27(26-15-8-18-31(26)29(35)36-20-21-9-3-1-4-10-21)32(28(34)30-24-16-17-24)25-14-7-13-23(19-25)22-11-5-2-6-12-22/h1-7,9-14,19,24,26H,8,15-18,20H2,(H,30,34). The van der Waals surface area contributed by atoms with E-state index in [2.05, 4.69) is 5.32 Å². The van der Waals surface area contributed by atoms with Crippen LogP contribution in [0.4, 0.5) is 15.3 Å². The minimum atomic E-state index is -0.765. The van der Waals surface area contributed by atoms with Crippen molar-refractivity contribution in [3.8, 4) is 11.1 Å². The van der Waals surface area contributed by atoms with Gasteiger partial charge in [-0.3, -0.25) is 9.69 Å². The van der Waals surface area contributed by atoms with E-state index < -0.39 is 24.1 Å². The number of carbonyl (C=O) groups is 3. The molecule has 36 heavy (non-hydrogen) atoms. The summed E-state index contributed by atoms with van der Waals surface area (Å²) in [7, 11) is 0. The van der Waals surface area contributed by atoms with Crippen LogP contribution in [0.5, 0.6) is 0 Å². The summed E-state index contributed by atoms with van der Waals surface area (Å²) in [5.74, 6) is -0.424. The first-order valence-corrected chi connectivity index (χ1v) is 12.4. The van der Waals surface area contributed by atoms with Gasteiger partial charge in [0.05, 0.1) is 5.69 Å². The van der Waals surface area contributed by atoms with E-state index >= 15 is 0 Å². The van der Waals surface area contributed by atoms with Crippen LogP contribution in [0.25, 0.3) is 11.1 Å². The van der Waals surface area contributed by atoms with Crippen LogP contribution in [0.1, 0.15) is 31.2 Å². The molecule has 3 aromatic carbocycles. The molecule has 5 rings (SSSR count). The highest BCUT2D eigenvalue weighted by atomic mass is 16.6. The Morgan fingerprint density at radius 1 is 0.861 bits per heavy atom. The van der Waals surface area contributed by atoms with Crippen molar-refractivity contribution in [2.24, 2.45) is 0 Å². The maximum atomic E-state index is 13.8. The molecule has 7 heteroatoms. The van der Waals surface area contributed by atoms with Gasteiger partial charge in [-0.1, -0.05) is 72.8 Å². The third-order valence-electron chi connectivity index (χ3n) is 6.52. The lowest BCUT2D eigenvalue weighted by Crippen LogP contribution is -2.53. The average Bonchev–Trinajstić information content (AvgIpc) is 3.59. The highest BCUT2D eigenvalue weighted by molar-refractivity contribution is 6.16. The number of carbonyl (C=O) groups excluding carboxylic acids is 3. The molecule has 1 aliphatic carbocycles. The minimum Gasteiger partial charge on any atom is -0.445 e. The van der Waals surface area contributed by atoms with Crippen LogP contribution >= 0.6 is 0 Å². The number of benzene rings is 3. The van der Waals surface area contributed by atoms with E-state index in [1.54, 1.807) is 6.07 Å². The van der Waals surface area contributed by atoms with Crippen molar-refractivity contribution in [3.63, 3.8) is 0 Å². The minimum absolute atomic E-state index is 0.0839. The summed E-state index contributed by atoms with van der Waals surface area (Å²) in [6.07, 6.45) is 2.40. The third-order valence-corrected chi connectivity index (χ3v) is 6.52. The first-order chi connectivity index (χ1) is 17.6. The summed E-state index contributed by atoms with van der Waals surface area (Å²) >= 11 is 0. The second-order valence-corrected chi connectivity index (χ2v) is 9.21. The molecule has 0 aromatic heterocycles. The molecule has 0 bridgehead atoms. The van der Waals surface area contributed by atoms with Crippen LogP contribution in [-0.4, -0.2) is 41.6 Å². The van der Waals surface area contributed by atoms with E-state index in [1.165, 1.54) is 9.80 Å². The van der Waals surface area contributed by atoms with E-state index in [0.29, 0.717) is 25.1 Å². The number of imide groups is 1. The van der Waals surface area contributed by atoms with Gasteiger partial charge in [0.15, 0.2) is 0 Å². The highest BCUT2D eigenvalue weighted by Crippen LogP contribution is 2.29. The zero-order chi connectivity index (χ0) is 24.9. The number of amides is 4. The molecule has 4 amide bonds. The first kappa shape index (κ1) is 23.6. The van der Waals surface area contributed by atoms with Crippen molar-refractivity contribution >= 4 is 23.7 Å². The Bertz CT molecular complexity index is 1230. The lowest BCUT2D eigenvalue weighted by Gasteiger charge is -2.29. The quantitative estimate of drug-likeness (QED) is 0.512. The molecule has 0 radical (unpaired) electrons. The lowest BCUT2D eigenvalue weighted by atomic mass is 10.0. The normalized spacial score (nSPS) is 16.9. The molecule has 7 nitrogen and oxygen atoms in total. The zero-order valence-electron chi connectivity index (χ0n) is 20.0. The average molecular weight is 484 g/mol. The van der Waals surface area contributed by atoms with Gasteiger partial charge in [-0.15, -0.1) is 0 Å². The fourth-order valence-corrected chi connectivity index (χ4v) is 4.46. The predicted octanol–water partition coefficient (Wildman–Crippen LogP) is 5.36. The van der Waals surface area contributed by atoms with E-state index in [0.717, 1.165) is 29.5 Å². The Hall–Kier alpha value is -4.13. The Morgan fingerprint density at radius 2 is 1.56 bits per heavy atom. The number of urea groups is 1. The fraction of sp³-hybridized carbons (Fsp3) is 0.276. The summed E-state index contributed by atoms with van der Waals surface area (Å²) in [5, 5.41) is 2.94. The van der Waals surface area contributed by atoms with Crippen LogP contribution in [0.3, 0.4) is 0 Å². The predicted molar refractivity (Wildman–Crippen MR) is 137 cm³/mol. The van der Waals surface area contributed by atoms with Gasteiger partial charge in [0, 0.05) is 12.6 Å². The summed E-state index contributed by atoms with van der Waals surface area (Å²) < 4.78 is 5.51. The SMILES string of the molecule is O=C(NC1CC1)N(C(=O)C1CCCN1C(=O)OCc1ccccc1)c1cccc(-c2ccccc2)c1. The number of nitrogens with one attached hydrogen (secondary N) is 1. The lowest BCUT2D eigenvalue weighted by molar-refractivity contribution is -0.121. The monoisotopic (exact) mass is 483 g/mol. The largest absolute Gasteiger partial charge is 0.445 e. The first-order valence-electron chi connectivity index (χ1n) is 12.4. The Morgan fingerprint density at radius 3 is 2.28 bits per heavy atom. The van der Waals surface area contributed by atoms with E-state index in [9.17, 15) is 14.4 Å². The van der Waals surface area contributed by atoms with Crippen molar-refractivity contribution in [2.45, 2.75) is 44.4 Å². The van der Waals surface area contributed by atoms with Gasteiger partial charge < -0.3 is 10.1 Å². The number of nitrogens with zero attached hydrogens (tertiary/aromatic N) is 2. The number of hydrogen-bond donors (Lipinski definition) is 1. The third kappa shape index (κ3) is 5.40. The molecule has 1 atom stereocenters. The van der Waals surface area contributed by atoms with E-state index in [-0.39, 0.29) is 12.6 Å². The topological polar surface area (TPSA) is 79.0 Å². The maximum absolute atomic E-state index is 13.8. The van der Waals surface area contributed by atoms with Gasteiger partial charge in [0.2, 0.25) is 0 Å². The smallest absolute Gasteiger partial charge is 0.410 e. The van der Waals surface area contributed by atoms with Gasteiger partial charge in [0.25, 0.3) is 5.91 Å². The summed E-state index contributed by atoms with van der Waals surface area (Å²) in [6.45, 7) is 0.536. The molecule has 1 heterocycles. The highest BCUT2D eigenvalue weighted by Gasteiger charge is 2.41. The molecule has 2 fully saturated rings. The van der Waals surface area contributed by atoms with Crippen molar-refractivity contribution in [1.29, 1.82) is 0 Å². The summed E-state index contributed by atoms with van der Waals surface area (Å²) in [6, 6.07) is 25.5. The molecule has 2 aliphatic rings. The van der Waals surface area contributed by atoms with E-state index in [4.69, 9.17) is 4.74 Å². The van der Waals surface area contributed by atoms with Gasteiger partial charge in [-0.2, -0.15) is 0 Å². The van der Waals surface area contributed by atoms with Crippen LogP contribution in [0.2, 0.25) is 0 Å². The van der Waals surface area contributed by atoms with Gasteiger partial charge in [-0.05, 0) is 54.5 Å². The van der Waals surface area contributed by atoms with Crippen molar-refractivity contribution < 1.29 is 19.1 Å². The van der Waals surface area contributed by atoms with Crippen LogP contribution in [0.15, 0.2) is 84.9 Å². The van der Waals surface area contributed by atoms with Crippen LogP contribution in [-0.2, 0) is 16.1 Å². The van der Waals surface area contributed by atoms with Gasteiger partial charge in [-0.25, -0.2) is 14.5 Å². The number of anilines is 1. The van der Waals surface area contributed by atoms with E-state index in [1.807, 2.05) is 78.9 Å². The second kappa shape index (κ2) is 10.6. The van der Waals surface area contributed by atoms with Crippen LogP contribution in [0, 0.1) is 0 Å². The molecular formula is C29H29N3O4. The zero-order valence-corrected chi connectivity index (χ0v) is 20.0. The molecular weight excluding hydrogens is 454 g/mol. The number of ether oxygens (including phenoxy) is 1. The molecule has 1 saturated carbocycles. The molecule has 1 aliphatic heterocycles. The Kier molecular flexibility index (Phi) is 6.98. The second-order valence-electron chi connectivity index (χ2n) is 9.21. The van der Waals surface area contributed by atoms with Crippen molar-refractivity contribution in [2.75, 3.05) is 11.4 Å². The molecule has 184 valence electrons. The summed E-state index contributed by atoms with van der Waals surface area (Å²) in [4.78, 5) is 42.7. The molecule has 1 N–H and O–H groups in total. The molecule has 3 aromatic rings. The van der Waals surface area contributed by atoms with Gasteiger partial charge in [0.1, 0.15) is 12.6 Å². The Balaban J connectivity index is 1.38. The van der Waals surface area contributed by atoms with Crippen molar-refractivity contribution in [1.82, 2.24) is 10.2 Å². The van der Waals surface area contributed by atoms with Gasteiger partial charge >= 0.3 is 12.1 Å². The maximum Gasteiger partial charge on any atom is 0.410 e. The fourth-order valence-electron chi connectivity index (χ4n) is 4.46. The summed E-state index contributed by atoms with van der Waals surface area (Å²) in [5.41, 5.74) is 3.23.